The molecule has 0 saturated carbocycles. The van der Waals surface area contributed by atoms with Crippen LogP contribution in [0, 0.1) is 0 Å². The van der Waals surface area contributed by atoms with Crippen LogP contribution in [0.1, 0.15) is 129 Å². The summed E-state index contributed by atoms with van der Waals surface area (Å²) in [5.41, 5.74) is 0. The first-order valence-corrected chi connectivity index (χ1v) is 22.5. The number of allylic oxidation sites excluding steroid dienone is 16. The van der Waals surface area contributed by atoms with Gasteiger partial charge in [0.05, 0.1) is 27.7 Å². The second kappa shape index (κ2) is 37.5. The number of hydrogen-bond acceptors (Lipinski definition) is 7. The maximum absolute atomic E-state index is 12.7. The Labute approximate surface area is 341 Å². The maximum Gasteiger partial charge on any atom is 0.472 e. The normalized spacial score (nSPS) is 14.6. The average Bonchev–Trinajstić information content (AvgIpc) is 3.15. The molecule has 0 spiro atoms. The fourth-order valence-corrected chi connectivity index (χ4v) is 5.63. The summed E-state index contributed by atoms with van der Waals surface area (Å²) in [4.78, 5) is 35.3. The zero-order valence-corrected chi connectivity index (χ0v) is 36.5. The number of carbonyl (C=O) groups excluding carboxylic acids is 2. The smallest absolute Gasteiger partial charge is 0.462 e. The second-order valence-electron chi connectivity index (χ2n) is 14.6. The third-order valence-electron chi connectivity index (χ3n) is 8.11. The first kappa shape index (κ1) is 52.9. The number of unbranched alkanes of at least 4 members (excludes halogenated alkanes) is 6. The van der Waals surface area contributed by atoms with Gasteiger partial charge in [-0.15, -0.1) is 0 Å². The summed E-state index contributed by atoms with van der Waals surface area (Å²) >= 11 is 0. The van der Waals surface area contributed by atoms with E-state index in [-0.39, 0.29) is 26.1 Å². The molecular weight excluding hydrogens is 725 g/mol. The van der Waals surface area contributed by atoms with E-state index in [2.05, 4.69) is 105 Å². The van der Waals surface area contributed by atoms with Gasteiger partial charge in [-0.3, -0.25) is 18.6 Å². The van der Waals surface area contributed by atoms with Gasteiger partial charge >= 0.3 is 19.8 Å². The number of phosphoric acid groups is 1. The van der Waals surface area contributed by atoms with Crippen LogP contribution >= 0.6 is 7.82 Å². The predicted octanol–water partition coefficient (Wildman–Crippen LogP) is 11.8. The molecule has 0 aliphatic carbocycles. The van der Waals surface area contributed by atoms with Crippen molar-refractivity contribution >= 4 is 19.8 Å². The highest BCUT2D eigenvalue weighted by Gasteiger charge is 2.27. The molecule has 0 aromatic carbocycles. The van der Waals surface area contributed by atoms with Crippen molar-refractivity contribution in [2.45, 2.75) is 136 Å². The molecule has 0 radical (unpaired) electrons. The highest BCUT2D eigenvalue weighted by atomic mass is 31.2. The molecule has 0 saturated heterocycles. The van der Waals surface area contributed by atoms with Crippen molar-refractivity contribution in [2.24, 2.45) is 0 Å². The first-order chi connectivity index (χ1) is 27.0. The van der Waals surface area contributed by atoms with Gasteiger partial charge in [0.2, 0.25) is 0 Å². The van der Waals surface area contributed by atoms with Crippen LogP contribution < -0.4 is 0 Å². The molecule has 0 aliphatic rings. The van der Waals surface area contributed by atoms with Gasteiger partial charge < -0.3 is 18.9 Å². The highest BCUT2D eigenvalue weighted by Crippen LogP contribution is 2.43. The number of carbonyl (C=O) groups is 2. The summed E-state index contributed by atoms with van der Waals surface area (Å²) in [6.45, 7) is 4.07. The molecule has 0 bridgehead atoms. The Kier molecular flexibility index (Phi) is 35.4. The van der Waals surface area contributed by atoms with E-state index in [0.717, 1.165) is 83.5 Å². The average molecular weight is 803 g/mol. The number of esters is 2. The zero-order chi connectivity index (χ0) is 41.4. The van der Waals surface area contributed by atoms with Crippen LogP contribution in [0.4, 0.5) is 0 Å². The van der Waals surface area contributed by atoms with Crippen molar-refractivity contribution < 1.29 is 42.1 Å². The lowest BCUT2D eigenvalue weighted by Crippen LogP contribution is -2.37. The highest BCUT2D eigenvalue weighted by molar-refractivity contribution is 7.47. The molecule has 9 nitrogen and oxygen atoms in total. The van der Waals surface area contributed by atoms with E-state index < -0.39 is 32.5 Å². The lowest BCUT2D eigenvalue weighted by atomic mass is 10.1. The van der Waals surface area contributed by atoms with Crippen LogP contribution in [-0.2, 0) is 32.7 Å². The molecule has 0 aromatic rings. The molecular formula is C46H77NO8P+. The van der Waals surface area contributed by atoms with E-state index in [0.29, 0.717) is 30.3 Å². The molecule has 2 atom stereocenters. The Bertz CT molecular complexity index is 1270. The number of phosphoric ester groups is 1. The van der Waals surface area contributed by atoms with E-state index in [9.17, 15) is 19.0 Å². The molecule has 1 N–H and O–H groups in total. The third-order valence-corrected chi connectivity index (χ3v) is 9.09. The molecule has 0 heterocycles. The van der Waals surface area contributed by atoms with E-state index in [1.807, 2.05) is 27.2 Å². The molecule has 56 heavy (non-hydrogen) atoms. The Morgan fingerprint density at radius 1 is 0.554 bits per heavy atom. The fourth-order valence-electron chi connectivity index (χ4n) is 4.88. The third kappa shape index (κ3) is 40.6. The van der Waals surface area contributed by atoms with Crippen LogP contribution in [-0.4, -0.2) is 74.9 Å². The van der Waals surface area contributed by atoms with E-state index >= 15 is 0 Å². The van der Waals surface area contributed by atoms with Crippen molar-refractivity contribution in [3.8, 4) is 0 Å². The van der Waals surface area contributed by atoms with Gasteiger partial charge in [-0.1, -0.05) is 130 Å². The number of quaternary nitrogens is 1. The summed E-state index contributed by atoms with van der Waals surface area (Å²) in [5, 5.41) is 0. The lowest BCUT2D eigenvalue weighted by molar-refractivity contribution is -0.870. The van der Waals surface area contributed by atoms with Gasteiger partial charge in [-0.2, -0.15) is 0 Å². The van der Waals surface area contributed by atoms with Gasteiger partial charge in [0.25, 0.3) is 0 Å². The molecule has 0 aromatic heterocycles. The van der Waals surface area contributed by atoms with Crippen molar-refractivity contribution in [1.82, 2.24) is 0 Å². The Hall–Kier alpha value is -3.07. The van der Waals surface area contributed by atoms with Crippen LogP contribution in [0.25, 0.3) is 0 Å². The fraction of sp³-hybridized carbons (Fsp3) is 0.609. The molecule has 0 amide bonds. The molecule has 318 valence electrons. The standard InChI is InChI=1S/C46H76NO8P/c1-6-8-10-12-14-16-18-20-22-23-25-27-29-31-33-35-37-39-46(49)55-44(43-54-56(50,51)53-41-40-47(3,4)5)42-52-45(48)38-36-34-32-30-28-26-24-21-19-17-15-13-11-9-7-2/h8-11,14-17,20-22,24-25,27,31,33,44H,6-7,12-13,18-19,23,26,28-30,32,34-43H2,1-5H3/p+1/b10-8-,11-9-,16-14-,17-15-,22-20-,24-21-,27-25-,33-31-. The molecule has 0 rings (SSSR count). The number of nitrogens with zero attached hydrogens (tertiary/aromatic N) is 1. The van der Waals surface area contributed by atoms with Crippen LogP contribution in [0.5, 0.6) is 0 Å². The van der Waals surface area contributed by atoms with Crippen LogP contribution in [0.15, 0.2) is 97.2 Å². The number of ether oxygens (including phenoxy) is 2. The minimum atomic E-state index is -4.40. The van der Waals surface area contributed by atoms with Crippen LogP contribution in [0.3, 0.4) is 0 Å². The number of rotatable bonds is 36. The summed E-state index contributed by atoms with van der Waals surface area (Å²) in [7, 11) is 1.41. The van der Waals surface area contributed by atoms with Gasteiger partial charge in [-0.05, 0) is 83.5 Å². The van der Waals surface area contributed by atoms with Gasteiger partial charge in [-0.25, -0.2) is 4.57 Å². The van der Waals surface area contributed by atoms with Gasteiger partial charge in [0.1, 0.15) is 19.8 Å². The first-order valence-electron chi connectivity index (χ1n) is 21.0. The summed E-state index contributed by atoms with van der Waals surface area (Å²) in [6.07, 6.45) is 48.9. The quantitative estimate of drug-likeness (QED) is 0.0219. The van der Waals surface area contributed by atoms with Crippen LogP contribution in [0.2, 0.25) is 0 Å². The maximum atomic E-state index is 12.7. The van der Waals surface area contributed by atoms with Gasteiger partial charge in [0.15, 0.2) is 6.10 Å². The van der Waals surface area contributed by atoms with Crippen molar-refractivity contribution in [1.29, 1.82) is 0 Å². The SMILES string of the molecule is CC/C=C\C/C=C\C/C=C\C/C=C\C/C=C\CCCC(=O)OC(COC(=O)CCCCCCC/C=C\C/C=C\C/C=C\CC)COP(=O)(O)OCC[N+](C)(C)C. The van der Waals surface area contributed by atoms with E-state index in [1.165, 1.54) is 0 Å². The number of likely N-dealkylation sites (N-methyl/N-ethyl adjacent to an activating group) is 1. The second-order valence-corrected chi connectivity index (χ2v) is 16.1. The van der Waals surface area contributed by atoms with Crippen molar-refractivity contribution in [2.75, 3.05) is 47.5 Å². The van der Waals surface area contributed by atoms with Gasteiger partial charge in [0, 0.05) is 12.8 Å². The molecule has 0 fully saturated rings. The summed E-state index contributed by atoms with van der Waals surface area (Å²) in [6, 6.07) is 0. The predicted molar refractivity (Wildman–Crippen MR) is 233 cm³/mol. The minimum Gasteiger partial charge on any atom is -0.462 e. The topological polar surface area (TPSA) is 108 Å². The Morgan fingerprint density at radius 3 is 1.48 bits per heavy atom. The number of hydrogen-bond donors (Lipinski definition) is 1. The van der Waals surface area contributed by atoms with E-state index in [1.54, 1.807) is 0 Å². The Balaban J connectivity index is 4.54. The summed E-state index contributed by atoms with van der Waals surface area (Å²) in [5.74, 6) is -0.899. The van der Waals surface area contributed by atoms with Crippen molar-refractivity contribution in [3.05, 3.63) is 97.2 Å². The Morgan fingerprint density at radius 2 is 0.982 bits per heavy atom. The summed E-state index contributed by atoms with van der Waals surface area (Å²) < 4.78 is 34.2. The van der Waals surface area contributed by atoms with Crippen molar-refractivity contribution in [3.63, 3.8) is 0 Å². The molecule has 0 aliphatic heterocycles. The monoisotopic (exact) mass is 803 g/mol. The largest absolute Gasteiger partial charge is 0.472 e. The lowest BCUT2D eigenvalue weighted by Gasteiger charge is -2.24. The minimum absolute atomic E-state index is 0.0121. The molecule has 10 heteroatoms. The zero-order valence-electron chi connectivity index (χ0n) is 35.6. The molecule has 2 unspecified atom stereocenters. The van der Waals surface area contributed by atoms with E-state index in [4.69, 9.17) is 18.5 Å².